The summed E-state index contributed by atoms with van der Waals surface area (Å²) in [5, 5.41) is 9.91. The SMILES string of the molecule is Nc1ccccc1NC(=O)c1ccc(OCCNC(=O)c2cc3cc(CNCc4ccccc4)ccc3o2)cc1. The number of hydrogen-bond donors (Lipinski definition) is 4. The summed E-state index contributed by atoms with van der Waals surface area (Å²) in [6.45, 7) is 2.04. The van der Waals surface area contributed by atoms with Crippen molar-refractivity contribution >= 4 is 34.2 Å². The first-order valence-corrected chi connectivity index (χ1v) is 13.0. The minimum atomic E-state index is -0.309. The molecule has 5 rings (SSSR count). The Morgan fingerprint density at radius 1 is 0.775 bits per heavy atom. The first-order chi connectivity index (χ1) is 19.5. The molecule has 0 spiro atoms. The summed E-state index contributed by atoms with van der Waals surface area (Å²) in [6, 6.07) is 31.7. The number of nitrogen functional groups attached to an aromatic ring is 1. The zero-order chi connectivity index (χ0) is 27.7. The van der Waals surface area contributed by atoms with Crippen LogP contribution in [0.2, 0.25) is 0 Å². The number of carbonyl (C=O) groups excluding carboxylic acids is 2. The van der Waals surface area contributed by atoms with E-state index in [9.17, 15) is 9.59 Å². The van der Waals surface area contributed by atoms with E-state index in [1.165, 1.54) is 5.56 Å². The minimum absolute atomic E-state index is 0.249. The summed E-state index contributed by atoms with van der Waals surface area (Å²) >= 11 is 0. The zero-order valence-corrected chi connectivity index (χ0v) is 21.9. The number of para-hydroxylation sites is 2. The lowest BCUT2D eigenvalue weighted by Gasteiger charge is -2.09. The number of amides is 2. The molecule has 0 fully saturated rings. The second-order valence-electron chi connectivity index (χ2n) is 9.24. The summed E-state index contributed by atoms with van der Waals surface area (Å²) in [4.78, 5) is 25.1. The van der Waals surface area contributed by atoms with Gasteiger partial charge >= 0.3 is 0 Å². The highest BCUT2D eigenvalue weighted by atomic mass is 16.5. The average Bonchev–Trinajstić information content (AvgIpc) is 3.41. The number of benzene rings is 4. The Balaban J connectivity index is 1.06. The molecule has 1 aromatic heterocycles. The van der Waals surface area contributed by atoms with Gasteiger partial charge in [0.15, 0.2) is 5.76 Å². The Morgan fingerprint density at radius 2 is 1.52 bits per heavy atom. The smallest absolute Gasteiger partial charge is 0.287 e. The van der Waals surface area contributed by atoms with E-state index in [0.29, 0.717) is 41.4 Å². The van der Waals surface area contributed by atoms with Gasteiger partial charge in [-0.25, -0.2) is 0 Å². The summed E-state index contributed by atoms with van der Waals surface area (Å²) in [6.07, 6.45) is 0. The van der Waals surface area contributed by atoms with Crippen LogP contribution < -0.4 is 26.4 Å². The number of anilines is 2. The average molecular weight is 535 g/mol. The third kappa shape index (κ3) is 6.86. The molecule has 0 radical (unpaired) electrons. The molecule has 0 atom stereocenters. The van der Waals surface area contributed by atoms with E-state index in [2.05, 4.69) is 28.1 Å². The van der Waals surface area contributed by atoms with Gasteiger partial charge in [-0.1, -0.05) is 48.5 Å². The van der Waals surface area contributed by atoms with Crippen LogP contribution in [0.1, 0.15) is 32.0 Å². The van der Waals surface area contributed by atoms with Crippen LogP contribution >= 0.6 is 0 Å². The van der Waals surface area contributed by atoms with Crippen LogP contribution in [0.4, 0.5) is 11.4 Å². The summed E-state index contributed by atoms with van der Waals surface area (Å²) in [7, 11) is 0. The Kier molecular flexibility index (Phi) is 8.38. The molecule has 4 aromatic carbocycles. The standard InChI is InChI=1S/C32H30N4O4/c33-27-8-4-5-9-28(27)36-31(37)24-11-13-26(14-12-24)39-17-16-35-32(38)30-19-25-18-23(10-15-29(25)40-30)21-34-20-22-6-2-1-3-7-22/h1-15,18-19,34H,16-17,20-21,33H2,(H,35,38)(H,36,37). The maximum atomic E-state index is 12.6. The highest BCUT2D eigenvalue weighted by molar-refractivity contribution is 6.05. The minimum Gasteiger partial charge on any atom is -0.492 e. The fraction of sp³-hybridized carbons (Fsp3) is 0.125. The molecule has 8 nitrogen and oxygen atoms in total. The number of carbonyl (C=O) groups is 2. The topological polar surface area (TPSA) is 119 Å². The van der Waals surface area contributed by atoms with Gasteiger partial charge in [0.2, 0.25) is 0 Å². The van der Waals surface area contributed by atoms with Crippen LogP contribution in [0.15, 0.2) is 108 Å². The second kappa shape index (κ2) is 12.6. The Labute approximate surface area is 232 Å². The highest BCUT2D eigenvalue weighted by Gasteiger charge is 2.13. The molecular weight excluding hydrogens is 504 g/mol. The molecular formula is C32H30N4O4. The third-order valence-corrected chi connectivity index (χ3v) is 6.29. The van der Waals surface area contributed by atoms with E-state index in [0.717, 1.165) is 17.5 Å². The quantitative estimate of drug-likeness (QED) is 0.134. The third-order valence-electron chi connectivity index (χ3n) is 6.29. The molecule has 0 aliphatic heterocycles. The van der Waals surface area contributed by atoms with E-state index in [1.807, 2.05) is 36.4 Å². The van der Waals surface area contributed by atoms with Gasteiger partial charge in [0.25, 0.3) is 11.8 Å². The second-order valence-corrected chi connectivity index (χ2v) is 9.24. The maximum absolute atomic E-state index is 12.6. The van der Waals surface area contributed by atoms with Crippen LogP contribution in [0, 0.1) is 0 Å². The van der Waals surface area contributed by atoms with Gasteiger partial charge in [0.1, 0.15) is 17.9 Å². The van der Waals surface area contributed by atoms with E-state index in [4.69, 9.17) is 14.9 Å². The van der Waals surface area contributed by atoms with Gasteiger partial charge in [-0.2, -0.15) is 0 Å². The van der Waals surface area contributed by atoms with Crippen LogP contribution in [-0.4, -0.2) is 25.0 Å². The molecule has 202 valence electrons. The molecule has 40 heavy (non-hydrogen) atoms. The van der Waals surface area contributed by atoms with Crippen LogP contribution in [-0.2, 0) is 13.1 Å². The fourth-order valence-corrected chi connectivity index (χ4v) is 4.19. The molecule has 8 heteroatoms. The Hall–Kier alpha value is -5.08. The van der Waals surface area contributed by atoms with Crippen LogP contribution in [0.3, 0.4) is 0 Å². The van der Waals surface area contributed by atoms with Gasteiger partial charge < -0.3 is 30.8 Å². The van der Waals surface area contributed by atoms with E-state index >= 15 is 0 Å². The number of nitrogens with two attached hydrogens (primary N) is 1. The van der Waals surface area contributed by atoms with Crippen LogP contribution in [0.5, 0.6) is 5.75 Å². The maximum Gasteiger partial charge on any atom is 0.287 e. The number of rotatable bonds is 11. The summed E-state index contributed by atoms with van der Waals surface area (Å²) in [5.74, 6) is 0.259. The van der Waals surface area contributed by atoms with Crippen molar-refractivity contribution in [3.63, 3.8) is 0 Å². The van der Waals surface area contributed by atoms with Crippen LogP contribution in [0.25, 0.3) is 11.0 Å². The summed E-state index contributed by atoms with van der Waals surface area (Å²) < 4.78 is 11.4. The van der Waals surface area contributed by atoms with Crippen molar-refractivity contribution in [1.29, 1.82) is 0 Å². The normalized spacial score (nSPS) is 10.8. The predicted octanol–water partition coefficient (Wildman–Crippen LogP) is 5.37. The predicted molar refractivity (Wildman–Crippen MR) is 156 cm³/mol. The van der Waals surface area contributed by atoms with Crippen molar-refractivity contribution in [2.75, 3.05) is 24.2 Å². The molecule has 0 bridgehead atoms. The van der Waals surface area contributed by atoms with Crippen molar-refractivity contribution in [3.8, 4) is 5.75 Å². The molecule has 0 saturated carbocycles. The van der Waals surface area contributed by atoms with Crippen molar-refractivity contribution in [3.05, 3.63) is 126 Å². The summed E-state index contributed by atoms with van der Waals surface area (Å²) in [5.41, 5.74) is 10.4. The zero-order valence-electron chi connectivity index (χ0n) is 21.9. The van der Waals surface area contributed by atoms with E-state index < -0.39 is 0 Å². The molecule has 0 aliphatic rings. The lowest BCUT2D eigenvalue weighted by atomic mass is 10.1. The van der Waals surface area contributed by atoms with E-state index in [1.54, 1.807) is 54.6 Å². The van der Waals surface area contributed by atoms with Gasteiger partial charge in [-0.05, 0) is 65.7 Å². The molecule has 5 aromatic rings. The van der Waals surface area contributed by atoms with Gasteiger partial charge in [-0.15, -0.1) is 0 Å². The lowest BCUT2D eigenvalue weighted by Crippen LogP contribution is -2.27. The van der Waals surface area contributed by atoms with Crippen molar-refractivity contribution in [2.24, 2.45) is 0 Å². The number of nitrogens with one attached hydrogen (secondary N) is 3. The Bertz CT molecular complexity index is 1600. The molecule has 2 amide bonds. The molecule has 0 unspecified atom stereocenters. The first-order valence-electron chi connectivity index (χ1n) is 13.0. The number of fused-ring (bicyclic) bond motifs is 1. The first kappa shape index (κ1) is 26.5. The van der Waals surface area contributed by atoms with E-state index in [-0.39, 0.29) is 24.2 Å². The molecule has 1 heterocycles. The van der Waals surface area contributed by atoms with Gasteiger partial charge in [0.05, 0.1) is 17.9 Å². The van der Waals surface area contributed by atoms with Gasteiger partial charge in [-0.3, -0.25) is 9.59 Å². The monoisotopic (exact) mass is 534 g/mol. The molecule has 0 aliphatic carbocycles. The Morgan fingerprint density at radius 3 is 2.33 bits per heavy atom. The number of ether oxygens (including phenoxy) is 1. The highest BCUT2D eigenvalue weighted by Crippen LogP contribution is 2.21. The van der Waals surface area contributed by atoms with Crippen molar-refractivity contribution < 1.29 is 18.7 Å². The largest absolute Gasteiger partial charge is 0.492 e. The van der Waals surface area contributed by atoms with Crippen molar-refractivity contribution in [2.45, 2.75) is 13.1 Å². The number of hydrogen-bond acceptors (Lipinski definition) is 6. The molecule has 5 N–H and O–H groups in total. The lowest BCUT2D eigenvalue weighted by molar-refractivity contribution is 0.0920. The number of furan rings is 1. The fourth-order valence-electron chi connectivity index (χ4n) is 4.19. The van der Waals surface area contributed by atoms with Gasteiger partial charge in [0, 0.05) is 24.0 Å². The molecule has 0 saturated heterocycles. The van der Waals surface area contributed by atoms with Crippen molar-refractivity contribution in [1.82, 2.24) is 10.6 Å².